The van der Waals surface area contributed by atoms with Crippen molar-refractivity contribution in [1.29, 1.82) is 0 Å². The molecular weight excluding hydrogens is 284 g/mol. The van der Waals surface area contributed by atoms with Crippen molar-refractivity contribution in [3.05, 3.63) is 59.6 Å². The largest absolute Gasteiger partial charge is 0.240 e. The summed E-state index contributed by atoms with van der Waals surface area (Å²) in [4.78, 5) is 8.86. The molecule has 0 spiro atoms. The van der Waals surface area contributed by atoms with Crippen LogP contribution in [0, 0.1) is 0 Å². The van der Waals surface area contributed by atoms with E-state index in [-0.39, 0.29) is 0 Å². The second-order valence-electron chi connectivity index (χ2n) is 5.10. The zero-order chi connectivity index (χ0) is 14.8. The molecule has 3 rings (SSSR count). The molecule has 0 amide bonds. The van der Waals surface area contributed by atoms with Crippen LogP contribution < -0.4 is 0 Å². The standard InChI is InChI=1S/C16H15ClN4/c1-11(2)14-8-15(17)20-16(19-14)12-9-18-21(10-12)13-6-4-3-5-7-13/h3-11H,1-2H3. The van der Waals surface area contributed by atoms with Crippen molar-refractivity contribution in [1.82, 2.24) is 19.7 Å². The Morgan fingerprint density at radius 1 is 1.10 bits per heavy atom. The Balaban J connectivity index is 2.00. The molecule has 0 unspecified atom stereocenters. The van der Waals surface area contributed by atoms with Gasteiger partial charge < -0.3 is 0 Å². The Morgan fingerprint density at radius 3 is 2.57 bits per heavy atom. The third-order valence-corrected chi connectivity index (χ3v) is 3.36. The highest BCUT2D eigenvalue weighted by molar-refractivity contribution is 6.29. The third kappa shape index (κ3) is 2.95. The first-order valence-electron chi connectivity index (χ1n) is 6.78. The summed E-state index contributed by atoms with van der Waals surface area (Å²) in [7, 11) is 0. The first-order chi connectivity index (χ1) is 10.1. The van der Waals surface area contributed by atoms with Crippen molar-refractivity contribution in [3.63, 3.8) is 0 Å². The Kier molecular flexibility index (Phi) is 3.71. The molecule has 2 heterocycles. The van der Waals surface area contributed by atoms with E-state index < -0.39 is 0 Å². The maximum atomic E-state index is 6.09. The fourth-order valence-electron chi connectivity index (χ4n) is 2.02. The fraction of sp³-hybridized carbons (Fsp3) is 0.188. The van der Waals surface area contributed by atoms with Gasteiger partial charge in [0.2, 0.25) is 0 Å². The van der Waals surface area contributed by atoms with Crippen molar-refractivity contribution < 1.29 is 0 Å². The first kappa shape index (κ1) is 13.8. The molecule has 0 aliphatic rings. The van der Waals surface area contributed by atoms with Crippen LogP contribution in [-0.2, 0) is 0 Å². The molecule has 2 aromatic heterocycles. The van der Waals surface area contributed by atoms with E-state index in [0.717, 1.165) is 16.9 Å². The van der Waals surface area contributed by atoms with E-state index in [4.69, 9.17) is 11.6 Å². The molecule has 21 heavy (non-hydrogen) atoms. The van der Waals surface area contributed by atoms with E-state index in [1.54, 1.807) is 16.9 Å². The topological polar surface area (TPSA) is 43.6 Å². The van der Waals surface area contributed by atoms with E-state index in [1.165, 1.54) is 0 Å². The van der Waals surface area contributed by atoms with Crippen LogP contribution in [0.2, 0.25) is 5.15 Å². The molecule has 0 aliphatic heterocycles. The Bertz CT molecular complexity index is 750. The summed E-state index contributed by atoms with van der Waals surface area (Å²) in [6.07, 6.45) is 3.66. The van der Waals surface area contributed by atoms with Gasteiger partial charge in [0, 0.05) is 11.9 Å². The number of hydrogen-bond donors (Lipinski definition) is 0. The van der Waals surface area contributed by atoms with Crippen LogP contribution >= 0.6 is 11.6 Å². The molecule has 0 saturated heterocycles. The summed E-state index contributed by atoms with van der Waals surface area (Å²) in [5.41, 5.74) is 2.77. The van der Waals surface area contributed by atoms with Gasteiger partial charge in [-0.05, 0) is 24.1 Å². The van der Waals surface area contributed by atoms with Gasteiger partial charge in [0.05, 0.1) is 17.4 Å². The number of para-hydroxylation sites is 1. The van der Waals surface area contributed by atoms with Gasteiger partial charge in [-0.2, -0.15) is 5.10 Å². The van der Waals surface area contributed by atoms with Crippen LogP contribution in [0.3, 0.4) is 0 Å². The summed E-state index contributed by atoms with van der Waals surface area (Å²) in [6.45, 7) is 4.16. The summed E-state index contributed by atoms with van der Waals surface area (Å²) in [5.74, 6) is 0.904. The van der Waals surface area contributed by atoms with Gasteiger partial charge in [-0.3, -0.25) is 0 Å². The highest BCUT2D eigenvalue weighted by Crippen LogP contribution is 2.22. The normalized spacial score (nSPS) is 11.0. The molecule has 0 atom stereocenters. The van der Waals surface area contributed by atoms with Crippen LogP contribution in [0.15, 0.2) is 48.8 Å². The lowest BCUT2D eigenvalue weighted by Gasteiger charge is -2.06. The SMILES string of the molecule is CC(C)c1cc(Cl)nc(-c2cnn(-c3ccccc3)c2)n1. The van der Waals surface area contributed by atoms with Gasteiger partial charge in [0.15, 0.2) is 5.82 Å². The lowest BCUT2D eigenvalue weighted by atomic mass is 10.1. The average molecular weight is 299 g/mol. The van der Waals surface area contributed by atoms with Gasteiger partial charge in [0.1, 0.15) is 5.15 Å². The van der Waals surface area contributed by atoms with Crippen molar-refractivity contribution in [2.75, 3.05) is 0 Å². The maximum Gasteiger partial charge on any atom is 0.164 e. The number of halogens is 1. The Hall–Kier alpha value is -2.20. The first-order valence-corrected chi connectivity index (χ1v) is 7.16. The van der Waals surface area contributed by atoms with Gasteiger partial charge in [-0.25, -0.2) is 14.6 Å². The second-order valence-corrected chi connectivity index (χ2v) is 5.49. The second kappa shape index (κ2) is 5.66. The van der Waals surface area contributed by atoms with Crippen molar-refractivity contribution in [3.8, 4) is 17.1 Å². The van der Waals surface area contributed by atoms with Crippen LogP contribution in [-0.4, -0.2) is 19.7 Å². The highest BCUT2D eigenvalue weighted by atomic mass is 35.5. The van der Waals surface area contributed by atoms with E-state index in [2.05, 4.69) is 28.9 Å². The number of benzene rings is 1. The summed E-state index contributed by atoms with van der Waals surface area (Å²) < 4.78 is 1.80. The molecule has 0 radical (unpaired) electrons. The van der Waals surface area contributed by atoms with E-state index in [0.29, 0.717) is 16.9 Å². The molecule has 4 nitrogen and oxygen atoms in total. The van der Waals surface area contributed by atoms with Gasteiger partial charge in [-0.15, -0.1) is 0 Å². The molecule has 0 N–H and O–H groups in total. The predicted molar refractivity (Wildman–Crippen MR) is 83.7 cm³/mol. The average Bonchev–Trinajstić information content (AvgIpc) is 2.97. The molecule has 0 saturated carbocycles. The van der Waals surface area contributed by atoms with Crippen molar-refractivity contribution in [2.45, 2.75) is 19.8 Å². The molecule has 0 fully saturated rings. The molecular formula is C16H15ClN4. The minimum absolute atomic E-state index is 0.299. The third-order valence-electron chi connectivity index (χ3n) is 3.17. The summed E-state index contributed by atoms with van der Waals surface area (Å²) in [5, 5.41) is 4.82. The van der Waals surface area contributed by atoms with E-state index in [9.17, 15) is 0 Å². The fourth-order valence-corrected chi connectivity index (χ4v) is 2.21. The maximum absolute atomic E-state index is 6.09. The summed E-state index contributed by atoms with van der Waals surface area (Å²) >= 11 is 6.09. The van der Waals surface area contributed by atoms with Crippen LogP contribution in [0.5, 0.6) is 0 Å². The monoisotopic (exact) mass is 298 g/mol. The number of nitrogens with zero attached hydrogens (tertiary/aromatic N) is 4. The molecule has 1 aromatic carbocycles. The van der Waals surface area contributed by atoms with Gasteiger partial charge in [-0.1, -0.05) is 43.6 Å². The van der Waals surface area contributed by atoms with Crippen molar-refractivity contribution >= 4 is 11.6 Å². The molecule has 106 valence electrons. The number of rotatable bonds is 3. The van der Waals surface area contributed by atoms with E-state index >= 15 is 0 Å². The minimum atomic E-state index is 0.299. The van der Waals surface area contributed by atoms with Crippen LogP contribution in [0.1, 0.15) is 25.5 Å². The molecule has 3 aromatic rings. The zero-order valence-corrected chi connectivity index (χ0v) is 12.6. The molecule has 5 heteroatoms. The molecule has 0 bridgehead atoms. The predicted octanol–water partition coefficient (Wildman–Crippen LogP) is 4.11. The van der Waals surface area contributed by atoms with Crippen LogP contribution in [0.25, 0.3) is 17.1 Å². The Morgan fingerprint density at radius 2 is 1.86 bits per heavy atom. The smallest absolute Gasteiger partial charge is 0.164 e. The number of aromatic nitrogens is 4. The van der Waals surface area contributed by atoms with E-state index in [1.807, 2.05) is 36.5 Å². The quantitative estimate of drug-likeness (QED) is 0.684. The van der Waals surface area contributed by atoms with Crippen LogP contribution in [0.4, 0.5) is 0 Å². The lowest BCUT2D eigenvalue weighted by molar-refractivity contribution is 0.817. The lowest BCUT2D eigenvalue weighted by Crippen LogP contribution is -1.97. The molecule has 0 aliphatic carbocycles. The van der Waals surface area contributed by atoms with Crippen molar-refractivity contribution in [2.24, 2.45) is 0 Å². The van der Waals surface area contributed by atoms with Gasteiger partial charge in [0.25, 0.3) is 0 Å². The Labute approximate surface area is 128 Å². The number of hydrogen-bond acceptors (Lipinski definition) is 3. The van der Waals surface area contributed by atoms with Gasteiger partial charge >= 0.3 is 0 Å². The highest BCUT2D eigenvalue weighted by Gasteiger charge is 2.10. The summed E-state index contributed by atoms with van der Waals surface area (Å²) in [6, 6.07) is 11.7. The zero-order valence-electron chi connectivity index (χ0n) is 11.9. The minimum Gasteiger partial charge on any atom is -0.240 e.